The van der Waals surface area contributed by atoms with Gasteiger partial charge in [0.05, 0.1) is 23.6 Å². The standard InChI is InChI=1S/C42H57N7O3Si/c1-26(2)40-46-45-38-22-19-32(25-48(38)40)51-36-21-20-35(33-17-12-13-18-34(33)36)43-41(50)44-39-24-37(42(9,10)11)47-49(39)30-15-14-16-31(23-30)52-53(27(3)4,28(5)6)29(7)8/h12-19,22-29,35-36H,20-21H2,1-11H3,(H2,43,44,50)/t35-,36+/m0/s1. The van der Waals surface area contributed by atoms with Gasteiger partial charge < -0.3 is 14.5 Å². The van der Waals surface area contributed by atoms with E-state index in [-0.39, 0.29) is 29.5 Å². The molecule has 3 aromatic heterocycles. The summed E-state index contributed by atoms with van der Waals surface area (Å²) in [6, 6.07) is 21.7. The number of ether oxygens (including phenoxy) is 1. The molecule has 0 saturated carbocycles. The molecule has 282 valence electrons. The lowest BCUT2D eigenvalue weighted by Gasteiger charge is -2.42. The molecule has 0 saturated heterocycles. The molecule has 0 unspecified atom stereocenters. The highest BCUT2D eigenvalue weighted by Gasteiger charge is 2.47. The summed E-state index contributed by atoms with van der Waals surface area (Å²) in [6.45, 7) is 24.3. The summed E-state index contributed by atoms with van der Waals surface area (Å²) in [5.41, 5.74) is 5.72. The summed E-state index contributed by atoms with van der Waals surface area (Å²) in [5.74, 6) is 3.32. The molecule has 0 bridgehead atoms. The van der Waals surface area contributed by atoms with E-state index in [9.17, 15) is 4.79 Å². The number of hydrogen-bond acceptors (Lipinski definition) is 6. The Hall–Kier alpha value is -4.64. The molecule has 10 nitrogen and oxygen atoms in total. The number of hydrogen-bond donors (Lipinski definition) is 2. The number of carbonyl (C=O) groups is 1. The van der Waals surface area contributed by atoms with Gasteiger partial charge in [-0.3, -0.25) is 9.72 Å². The van der Waals surface area contributed by atoms with Crippen LogP contribution in [0.5, 0.6) is 11.5 Å². The van der Waals surface area contributed by atoms with E-state index >= 15 is 0 Å². The fraction of sp³-hybridized carbons (Fsp3) is 0.476. The number of nitrogens with one attached hydrogen (secondary N) is 2. The Bertz CT molecular complexity index is 2040. The van der Waals surface area contributed by atoms with Crippen LogP contribution in [0.25, 0.3) is 11.3 Å². The molecule has 6 rings (SSSR count). The van der Waals surface area contributed by atoms with Crippen molar-refractivity contribution in [3.8, 4) is 17.2 Å². The maximum Gasteiger partial charge on any atom is 0.320 e. The number of nitrogens with zero attached hydrogens (tertiary/aromatic N) is 5. The van der Waals surface area contributed by atoms with Crippen molar-refractivity contribution in [2.24, 2.45) is 0 Å². The number of urea groups is 1. The van der Waals surface area contributed by atoms with Crippen LogP contribution in [0.1, 0.15) is 130 Å². The molecule has 2 aromatic carbocycles. The molecule has 0 spiro atoms. The Morgan fingerprint density at radius 1 is 0.830 bits per heavy atom. The number of fused-ring (bicyclic) bond motifs is 2. The minimum atomic E-state index is -2.18. The van der Waals surface area contributed by atoms with E-state index in [0.717, 1.165) is 58.3 Å². The lowest BCUT2D eigenvalue weighted by molar-refractivity contribution is 0.171. The SMILES string of the molecule is CC(C)c1nnc2ccc(O[C@@H]3CC[C@H](NC(=O)Nc4cc(C(C)(C)C)nn4-c4cccc(O[Si](C(C)C)(C(C)C)C(C)C)c4)c4ccccc43)cn12. The Labute approximate surface area is 315 Å². The van der Waals surface area contributed by atoms with E-state index in [2.05, 4.69) is 115 Å². The largest absolute Gasteiger partial charge is 0.543 e. The van der Waals surface area contributed by atoms with Crippen molar-refractivity contribution in [3.05, 3.63) is 95.6 Å². The first-order valence-electron chi connectivity index (χ1n) is 19.2. The minimum absolute atomic E-state index is 0.155. The maximum absolute atomic E-state index is 13.8. The van der Waals surface area contributed by atoms with Crippen molar-refractivity contribution < 1.29 is 14.0 Å². The highest BCUT2D eigenvalue weighted by Crippen LogP contribution is 2.43. The number of anilines is 1. The second-order valence-electron chi connectivity index (χ2n) is 16.8. The average Bonchev–Trinajstić information content (AvgIpc) is 3.73. The minimum Gasteiger partial charge on any atom is -0.543 e. The van der Waals surface area contributed by atoms with Gasteiger partial charge >= 0.3 is 6.03 Å². The molecule has 1 aliphatic carbocycles. The molecule has 2 atom stereocenters. The summed E-state index contributed by atoms with van der Waals surface area (Å²) in [6.07, 6.45) is 3.28. The highest BCUT2D eigenvalue weighted by atomic mass is 28.4. The first-order chi connectivity index (χ1) is 25.1. The Morgan fingerprint density at radius 2 is 1.53 bits per heavy atom. The lowest BCUT2D eigenvalue weighted by atomic mass is 9.85. The monoisotopic (exact) mass is 735 g/mol. The third kappa shape index (κ3) is 7.72. The van der Waals surface area contributed by atoms with Gasteiger partial charge in [0.25, 0.3) is 8.32 Å². The van der Waals surface area contributed by atoms with Crippen LogP contribution in [-0.2, 0) is 5.41 Å². The van der Waals surface area contributed by atoms with Crippen LogP contribution in [0.4, 0.5) is 10.6 Å². The molecular weight excluding hydrogens is 679 g/mol. The van der Waals surface area contributed by atoms with Gasteiger partial charge in [-0.1, -0.05) is 106 Å². The predicted octanol–water partition coefficient (Wildman–Crippen LogP) is 10.7. The number of carbonyl (C=O) groups excluding carboxylic acids is 1. The lowest BCUT2D eigenvalue weighted by Crippen LogP contribution is -2.50. The predicted molar refractivity (Wildman–Crippen MR) is 215 cm³/mol. The van der Waals surface area contributed by atoms with Crippen LogP contribution in [0.15, 0.2) is 72.9 Å². The van der Waals surface area contributed by atoms with Crippen LogP contribution in [0.3, 0.4) is 0 Å². The maximum atomic E-state index is 13.8. The zero-order chi connectivity index (χ0) is 38.2. The molecule has 0 radical (unpaired) electrons. The van der Waals surface area contributed by atoms with Gasteiger partial charge in [-0.25, -0.2) is 9.48 Å². The van der Waals surface area contributed by atoms with Crippen molar-refractivity contribution in [2.45, 2.75) is 129 Å². The first kappa shape index (κ1) is 38.1. The van der Waals surface area contributed by atoms with Gasteiger partial charge in [-0.2, -0.15) is 5.10 Å². The number of amides is 2. The summed E-state index contributed by atoms with van der Waals surface area (Å²) in [4.78, 5) is 13.8. The molecule has 5 aromatic rings. The quantitative estimate of drug-likeness (QED) is 0.131. The van der Waals surface area contributed by atoms with E-state index < -0.39 is 8.32 Å². The molecule has 2 N–H and O–H groups in total. The van der Waals surface area contributed by atoms with Gasteiger partial charge in [0.1, 0.15) is 29.2 Å². The topological polar surface area (TPSA) is 108 Å². The fourth-order valence-corrected chi connectivity index (χ4v) is 13.4. The number of benzene rings is 2. The smallest absolute Gasteiger partial charge is 0.320 e. The van der Waals surface area contributed by atoms with Crippen LogP contribution in [0.2, 0.25) is 16.6 Å². The number of aromatic nitrogens is 5. The molecule has 2 amide bonds. The van der Waals surface area contributed by atoms with Crippen molar-refractivity contribution in [1.29, 1.82) is 0 Å². The molecule has 11 heteroatoms. The van der Waals surface area contributed by atoms with Gasteiger partial charge in [-0.05, 0) is 64.9 Å². The van der Waals surface area contributed by atoms with E-state index in [1.807, 2.05) is 63.8 Å². The second kappa shape index (κ2) is 15.0. The molecule has 0 fully saturated rings. The van der Waals surface area contributed by atoms with E-state index in [1.165, 1.54) is 0 Å². The van der Waals surface area contributed by atoms with Gasteiger partial charge in [0.15, 0.2) is 5.65 Å². The normalized spacial score (nSPS) is 16.4. The third-order valence-electron chi connectivity index (χ3n) is 10.7. The number of pyridine rings is 1. The van der Waals surface area contributed by atoms with E-state index in [4.69, 9.17) is 14.3 Å². The third-order valence-corrected chi connectivity index (χ3v) is 16.7. The van der Waals surface area contributed by atoms with Crippen molar-refractivity contribution in [2.75, 3.05) is 5.32 Å². The fourth-order valence-electron chi connectivity index (χ4n) is 8.12. The summed E-state index contributed by atoms with van der Waals surface area (Å²) < 4.78 is 17.5. The van der Waals surface area contributed by atoms with Crippen LogP contribution in [0, 0.1) is 0 Å². The molecule has 0 aliphatic heterocycles. The summed E-state index contributed by atoms with van der Waals surface area (Å²) in [7, 11) is -2.18. The average molecular weight is 736 g/mol. The van der Waals surface area contributed by atoms with Crippen molar-refractivity contribution in [1.82, 2.24) is 29.7 Å². The molecule has 53 heavy (non-hydrogen) atoms. The highest BCUT2D eigenvalue weighted by molar-refractivity contribution is 6.78. The van der Waals surface area contributed by atoms with Gasteiger partial charge in [0.2, 0.25) is 0 Å². The molecular formula is C42H57N7O3Si. The zero-order valence-corrected chi connectivity index (χ0v) is 34.3. The van der Waals surface area contributed by atoms with Crippen LogP contribution >= 0.6 is 0 Å². The Balaban J connectivity index is 1.23. The summed E-state index contributed by atoms with van der Waals surface area (Å²) in [5, 5.41) is 20.1. The number of rotatable bonds is 11. The Morgan fingerprint density at radius 3 is 2.19 bits per heavy atom. The van der Waals surface area contributed by atoms with Crippen LogP contribution in [-0.4, -0.2) is 38.7 Å². The summed E-state index contributed by atoms with van der Waals surface area (Å²) >= 11 is 0. The van der Waals surface area contributed by atoms with Crippen molar-refractivity contribution in [3.63, 3.8) is 0 Å². The molecule has 1 aliphatic rings. The second-order valence-corrected chi connectivity index (χ2v) is 22.1. The Kier molecular flexibility index (Phi) is 10.8. The van der Waals surface area contributed by atoms with Crippen LogP contribution < -0.4 is 19.8 Å². The van der Waals surface area contributed by atoms with Gasteiger partial charge in [-0.15, -0.1) is 10.2 Å². The first-order valence-corrected chi connectivity index (χ1v) is 21.3. The zero-order valence-electron chi connectivity index (χ0n) is 33.3. The van der Waals surface area contributed by atoms with Gasteiger partial charge in [0, 0.05) is 23.5 Å². The van der Waals surface area contributed by atoms with E-state index in [0.29, 0.717) is 22.4 Å². The van der Waals surface area contributed by atoms with E-state index in [1.54, 1.807) is 0 Å². The molecule has 3 heterocycles. The van der Waals surface area contributed by atoms with Crippen molar-refractivity contribution >= 4 is 25.8 Å².